The molecule has 2 rings (SSSR count). The Balaban J connectivity index is 2.08. The molecule has 128 valence electrons. The van der Waals surface area contributed by atoms with Gasteiger partial charge in [0.05, 0.1) is 20.3 Å². The highest BCUT2D eigenvalue weighted by atomic mass is 16.5. The van der Waals surface area contributed by atoms with Crippen LogP contribution < -0.4 is 19.5 Å². The molecule has 0 unspecified atom stereocenters. The molecule has 0 aliphatic heterocycles. The van der Waals surface area contributed by atoms with E-state index in [-0.39, 0.29) is 5.91 Å². The summed E-state index contributed by atoms with van der Waals surface area (Å²) in [5.41, 5.74) is 1.21. The number of rotatable bonds is 8. The Labute approximate surface area is 142 Å². The molecule has 0 bridgehead atoms. The number of ether oxygens (including phenoxy) is 3. The molecule has 0 fully saturated rings. The van der Waals surface area contributed by atoms with Crippen molar-refractivity contribution < 1.29 is 19.0 Å². The Morgan fingerprint density at radius 3 is 2.38 bits per heavy atom. The van der Waals surface area contributed by atoms with Gasteiger partial charge in [0.2, 0.25) is 0 Å². The SMILES string of the molecule is CCCOc1ccc(C(=O)Nc2ccc(OCC)cc2)cc1OC. The van der Waals surface area contributed by atoms with Crippen LogP contribution in [0.25, 0.3) is 0 Å². The molecule has 5 nitrogen and oxygen atoms in total. The van der Waals surface area contributed by atoms with Gasteiger partial charge in [-0.3, -0.25) is 4.79 Å². The number of hydrogen-bond donors (Lipinski definition) is 1. The maximum absolute atomic E-state index is 12.4. The number of benzene rings is 2. The van der Waals surface area contributed by atoms with Crippen LogP contribution in [0.15, 0.2) is 42.5 Å². The van der Waals surface area contributed by atoms with Crippen LogP contribution in [-0.4, -0.2) is 26.2 Å². The van der Waals surface area contributed by atoms with Crippen molar-refractivity contribution in [3.8, 4) is 17.2 Å². The fourth-order valence-electron chi connectivity index (χ4n) is 2.14. The summed E-state index contributed by atoms with van der Waals surface area (Å²) >= 11 is 0. The summed E-state index contributed by atoms with van der Waals surface area (Å²) in [6.45, 7) is 5.17. The van der Waals surface area contributed by atoms with Gasteiger partial charge in [-0.25, -0.2) is 0 Å². The summed E-state index contributed by atoms with van der Waals surface area (Å²) in [5.74, 6) is 1.74. The quantitative estimate of drug-likeness (QED) is 0.791. The zero-order chi connectivity index (χ0) is 17.4. The van der Waals surface area contributed by atoms with Gasteiger partial charge in [-0.15, -0.1) is 0 Å². The molecule has 0 saturated carbocycles. The average Bonchev–Trinajstić information content (AvgIpc) is 2.61. The number of amides is 1. The molecule has 0 heterocycles. The summed E-state index contributed by atoms with van der Waals surface area (Å²) in [6.07, 6.45) is 0.906. The molecule has 1 amide bonds. The minimum absolute atomic E-state index is 0.209. The maximum atomic E-state index is 12.4. The lowest BCUT2D eigenvalue weighted by molar-refractivity contribution is 0.102. The molecule has 0 spiro atoms. The summed E-state index contributed by atoms with van der Waals surface area (Å²) in [5, 5.41) is 2.85. The van der Waals surface area contributed by atoms with Crippen LogP contribution in [0, 0.1) is 0 Å². The van der Waals surface area contributed by atoms with Crippen molar-refractivity contribution in [1.82, 2.24) is 0 Å². The summed E-state index contributed by atoms with van der Waals surface area (Å²) in [4.78, 5) is 12.4. The highest BCUT2D eigenvalue weighted by Gasteiger charge is 2.11. The second-order valence-electron chi connectivity index (χ2n) is 5.13. The van der Waals surface area contributed by atoms with Gasteiger partial charge in [-0.1, -0.05) is 6.92 Å². The molecule has 0 aliphatic carbocycles. The Morgan fingerprint density at radius 1 is 1.00 bits per heavy atom. The molecule has 0 aromatic heterocycles. The number of nitrogens with one attached hydrogen (secondary N) is 1. The molecule has 0 saturated heterocycles. The standard InChI is InChI=1S/C19H23NO4/c1-4-12-24-17-11-6-14(13-18(17)22-3)19(21)20-15-7-9-16(10-8-15)23-5-2/h6-11,13H,4-5,12H2,1-3H3,(H,20,21). The summed E-state index contributed by atoms with van der Waals surface area (Å²) < 4.78 is 16.3. The number of carbonyl (C=O) groups is 1. The zero-order valence-corrected chi connectivity index (χ0v) is 14.3. The van der Waals surface area contributed by atoms with Crippen molar-refractivity contribution >= 4 is 11.6 Å². The lowest BCUT2D eigenvalue weighted by atomic mass is 10.1. The first-order chi connectivity index (χ1) is 11.7. The Morgan fingerprint density at radius 2 is 1.75 bits per heavy atom. The topological polar surface area (TPSA) is 56.8 Å². The first-order valence-corrected chi connectivity index (χ1v) is 8.03. The van der Waals surface area contributed by atoms with E-state index in [2.05, 4.69) is 5.32 Å². The normalized spacial score (nSPS) is 10.1. The van der Waals surface area contributed by atoms with Gasteiger partial charge in [0.25, 0.3) is 5.91 Å². The monoisotopic (exact) mass is 329 g/mol. The molecule has 1 N–H and O–H groups in total. The van der Waals surface area contributed by atoms with E-state index in [1.807, 2.05) is 26.0 Å². The van der Waals surface area contributed by atoms with Crippen LogP contribution in [0.5, 0.6) is 17.2 Å². The van der Waals surface area contributed by atoms with Crippen LogP contribution in [0.4, 0.5) is 5.69 Å². The van der Waals surface area contributed by atoms with E-state index in [0.717, 1.165) is 12.2 Å². The van der Waals surface area contributed by atoms with E-state index in [1.54, 1.807) is 37.4 Å². The number of hydrogen-bond acceptors (Lipinski definition) is 4. The van der Waals surface area contributed by atoms with Crippen molar-refractivity contribution in [3.05, 3.63) is 48.0 Å². The van der Waals surface area contributed by atoms with Crippen LogP contribution in [-0.2, 0) is 0 Å². The Kier molecular flexibility index (Phi) is 6.49. The predicted octanol–water partition coefficient (Wildman–Crippen LogP) is 4.14. The maximum Gasteiger partial charge on any atom is 0.255 e. The average molecular weight is 329 g/mol. The number of methoxy groups -OCH3 is 1. The first kappa shape index (κ1) is 17.7. The number of carbonyl (C=O) groups excluding carboxylic acids is 1. The van der Waals surface area contributed by atoms with E-state index >= 15 is 0 Å². The molecule has 0 radical (unpaired) electrons. The van der Waals surface area contributed by atoms with Crippen molar-refractivity contribution in [1.29, 1.82) is 0 Å². The second kappa shape index (κ2) is 8.82. The van der Waals surface area contributed by atoms with E-state index in [4.69, 9.17) is 14.2 Å². The second-order valence-corrected chi connectivity index (χ2v) is 5.13. The largest absolute Gasteiger partial charge is 0.494 e. The van der Waals surface area contributed by atoms with Crippen molar-refractivity contribution in [2.45, 2.75) is 20.3 Å². The molecule has 2 aromatic carbocycles. The molecule has 5 heteroatoms. The van der Waals surface area contributed by atoms with Crippen molar-refractivity contribution in [2.24, 2.45) is 0 Å². The van der Waals surface area contributed by atoms with Gasteiger partial charge in [0.1, 0.15) is 5.75 Å². The van der Waals surface area contributed by atoms with E-state index in [9.17, 15) is 4.79 Å². The summed E-state index contributed by atoms with van der Waals surface area (Å²) in [7, 11) is 1.56. The summed E-state index contributed by atoms with van der Waals surface area (Å²) in [6, 6.07) is 12.4. The molecular weight excluding hydrogens is 306 g/mol. The molecule has 0 atom stereocenters. The smallest absolute Gasteiger partial charge is 0.255 e. The zero-order valence-electron chi connectivity index (χ0n) is 14.3. The highest BCUT2D eigenvalue weighted by molar-refractivity contribution is 6.04. The number of anilines is 1. The minimum atomic E-state index is -0.209. The third kappa shape index (κ3) is 4.65. The Bertz CT molecular complexity index is 668. The van der Waals surface area contributed by atoms with Crippen molar-refractivity contribution in [2.75, 3.05) is 25.6 Å². The van der Waals surface area contributed by atoms with Gasteiger partial charge in [0, 0.05) is 11.3 Å². The minimum Gasteiger partial charge on any atom is -0.494 e. The van der Waals surface area contributed by atoms with Crippen molar-refractivity contribution in [3.63, 3.8) is 0 Å². The van der Waals surface area contributed by atoms with E-state index in [1.165, 1.54) is 0 Å². The lowest BCUT2D eigenvalue weighted by Crippen LogP contribution is -2.12. The van der Waals surface area contributed by atoms with Gasteiger partial charge < -0.3 is 19.5 Å². The fraction of sp³-hybridized carbons (Fsp3) is 0.316. The molecular formula is C19H23NO4. The first-order valence-electron chi connectivity index (χ1n) is 8.03. The van der Waals surface area contributed by atoms with Gasteiger partial charge >= 0.3 is 0 Å². The lowest BCUT2D eigenvalue weighted by Gasteiger charge is -2.12. The van der Waals surface area contributed by atoms with Crippen LogP contribution in [0.1, 0.15) is 30.6 Å². The van der Waals surface area contributed by atoms with E-state index in [0.29, 0.717) is 36.0 Å². The van der Waals surface area contributed by atoms with Crippen LogP contribution >= 0.6 is 0 Å². The highest BCUT2D eigenvalue weighted by Crippen LogP contribution is 2.28. The van der Waals surface area contributed by atoms with Gasteiger partial charge in [0.15, 0.2) is 11.5 Å². The van der Waals surface area contributed by atoms with E-state index < -0.39 is 0 Å². The molecule has 0 aliphatic rings. The van der Waals surface area contributed by atoms with Crippen LogP contribution in [0.2, 0.25) is 0 Å². The molecule has 2 aromatic rings. The fourth-order valence-corrected chi connectivity index (χ4v) is 2.14. The Hall–Kier alpha value is -2.69. The van der Waals surface area contributed by atoms with Gasteiger partial charge in [-0.2, -0.15) is 0 Å². The van der Waals surface area contributed by atoms with Gasteiger partial charge in [-0.05, 0) is 55.8 Å². The van der Waals surface area contributed by atoms with Crippen LogP contribution in [0.3, 0.4) is 0 Å². The predicted molar refractivity (Wildman–Crippen MR) is 94.3 cm³/mol. The third-order valence-electron chi connectivity index (χ3n) is 3.31. The third-order valence-corrected chi connectivity index (χ3v) is 3.31. The molecule has 24 heavy (non-hydrogen) atoms.